The Balaban J connectivity index is 1.54. The predicted molar refractivity (Wildman–Crippen MR) is 116 cm³/mol. The van der Waals surface area contributed by atoms with Crippen LogP contribution in [0.15, 0.2) is 32.7 Å². The Labute approximate surface area is 194 Å². The molecule has 0 saturated carbocycles. The van der Waals surface area contributed by atoms with Crippen LogP contribution in [0, 0.1) is 6.92 Å². The van der Waals surface area contributed by atoms with E-state index in [9.17, 15) is 19.5 Å². The molecule has 2 amide bonds. The first-order chi connectivity index (χ1) is 15.3. The van der Waals surface area contributed by atoms with Gasteiger partial charge < -0.3 is 25.8 Å². The minimum atomic E-state index is -1.42. The zero-order valence-electron chi connectivity index (χ0n) is 16.9. The average Bonchev–Trinajstić information content (AvgIpc) is 3.37. The number of β-lactam (4-membered cyclic amide) rings is 1. The quantitative estimate of drug-likeness (QED) is 0.211. The predicted octanol–water partition coefficient (Wildman–Crippen LogP) is -1.16. The number of amides is 2. The highest BCUT2D eigenvalue weighted by atomic mass is 32.2. The summed E-state index contributed by atoms with van der Waals surface area (Å²) in [4.78, 5) is 47.5. The monoisotopic (exact) mass is 494 g/mol. The molecule has 0 radical (unpaired) electrons. The van der Waals surface area contributed by atoms with Crippen LogP contribution in [0.3, 0.4) is 0 Å². The molecule has 2 aliphatic rings. The van der Waals surface area contributed by atoms with E-state index in [2.05, 4.69) is 15.5 Å². The Morgan fingerprint density at radius 3 is 2.84 bits per heavy atom. The highest BCUT2D eigenvalue weighted by Gasteiger charge is 2.53. The number of nitrogens with one attached hydrogen (secondary N) is 1. The van der Waals surface area contributed by atoms with Crippen LogP contribution in [0.4, 0.5) is 5.13 Å². The Morgan fingerprint density at radius 1 is 1.47 bits per heavy atom. The average molecular weight is 495 g/mol. The molecular weight excluding hydrogens is 476 g/mol. The number of thiazole rings is 2. The van der Waals surface area contributed by atoms with Crippen molar-refractivity contribution in [3.05, 3.63) is 38.9 Å². The fourth-order valence-corrected chi connectivity index (χ4v) is 6.08. The third kappa shape index (κ3) is 3.96. The van der Waals surface area contributed by atoms with Crippen LogP contribution in [0.5, 0.6) is 0 Å². The maximum Gasteiger partial charge on any atom is 0.276 e. The Kier molecular flexibility index (Phi) is 6.17. The maximum absolute atomic E-state index is 12.8. The fraction of sp³-hybridized carbons (Fsp3) is 0.333. The number of aromatic nitrogens is 2. The summed E-state index contributed by atoms with van der Waals surface area (Å²) in [6, 6.07) is -0.919. The van der Waals surface area contributed by atoms with Gasteiger partial charge in [0.15, 0.2) is 23.1 Å². The van der Waals surface area contributed by atoms with Crippen LogP contribution in [-0.2, 0) is 25.8 Å². The van der Waals surface area contributed by atoms with Crippen LogP contribution < -0.4 is 20.7 Å². The standard InChI is InChI=1S/C18H18N6O5S3/c1-8-4-30-7-23(8)3-9-5-31-16-12(15(26)24(16)13(9)17(27)28)21-14(25)11(22-29-2)10-6-32-18(19)20-10/h4,6-7,12,16H,3,5H2,1-2H3,(H3-,19,20,21,25,27,28)/b22-11-/t12-,16-/m1/s1. The van der Waals surface area contributed by atoms with E-state index >= 15 is 0 Å². The summed E-state index contributed by atoms with van der Waals surface area (Å²) in [6.07, 6.45) is 0. The molecule has 4 heterocycles. The summed E-state index contributed by atoms with van der Waals surface area (Å²) in [6.45, 7) is 2.26. The summed E-state index contributed by atoms with van der Waals surface area (Å²) in [5.41, 5.74) is 9.02. The number of oxime groups is 1. The van der Waals surface area contributed by atoms with E-state index < -0.39 is 29.2 Å². The molecular formula is C18H18N6O5S3. The van der Waals surface area contributed by atoms with Crippen molar-refractivity contribution in [1.29, 1.82) is 0 Å². The second-order valence-electron chi connectivity index (χ2n) is 6.92. The molecule has 3 N–H and O–H groups in total. The topological polar surface area (TPSA) is 154 Å². The van der Waals surface area contributed by atoms with Gasteiger partial charge in [0.1, 0.15) is 24.2 Å². The van der Waals surface area contributed by atoms with Gasteiger partial charge in [0.25, 0.3) is 11.8 Å². The number of hydrogen-bond acceptors (Lipinski definition) is 11. The fourth-order valence-electron chi connectivity index (χ4n) is 3.42. The molecule has 4 rings (SSSR count). The number of carboxylic acids is 1. The van der Waals surface area contributed by atoms with Gasteiger partial charge in [0.2, 0.25) is 5.51 Å². The van der Waals surface area contributed by atoms with Crippen molar-refractivity contribution in [2.45, 2.75) is 24.9 Å². The number of aryl methyl sites for hydroxylation is 1. The largest absolute Gasteiger partial charge is 0.543 e. The molecule has 1 fully saturated rings. The molecule has 0 aliphatic carbocycles. The lowest BCUT2D eigenvalue weighted by Crippen LogP contribution is -2.71. The van der Waals surface area contributed by atoms with Crippen LogP contribution in [0.2, 0.25) is 0 Å². The first-order valence-electron chi connectivity index (χ1n) is 9.25. The molecule has 1 saturated heterocycles. The number of aliphatic carboxylic acids is 1. The summed E-state index contributed by atoms with van der Waals surface area (Å²) in [5.74, 6) is -2.25. The Hall–Kier alpha value is -2.97. The van der Waals surface area contributed by atoms with Crippen LogP contribution in [0.25, 0.3) is 0 Å². The van der Waals surface area contributed by atoms with E-state index in [-0.39, 0.29) is 22.2 Å². The molecule has 32 heavy (non-hydrogen) atoms. The molecule has 14 heteroatoms. The number of nitrogens with two attached hydrogens (primary N) is 1. The molecule has 168 valence electrons. The normalized spacial score (nSPS) is 20.6. The number of anilines is 1. The summed E-state index contributed by atoms with van der Waals surface area (Å²) >= 11 is 4.01. The SMILES string of the molecule is CO/N=C(\C(=O)N[C@@H]1C(=O)N2C(C(=O)[O-])=C(C[n+]3cscc3C)CS[C@H]12)c1csc(N)n1. The van der Waals surface area contributed by atoms with Gasteiger partial charge in [-0.1, -0.05) is 16.5 Å². The van der Waals surface area contributed by atoms with E-state index in [1.54, 1.807) is 5.38 Å². The van der Waals surface area contributed by atoms with Crippen molar-refractivity contribution in [2.24, 2.45) is 5.16 Å². The third-order valence-electron chi connectivity index (χ3n) is 4.93. The smallest absolute Gasteiger partial charge is 0.276 e. The van der Waals surface area contributed by atoms with Crippen molar-refractivity contribution in [2.75, 3.05) is 18.6 Å². The number of carbonyl (C=O) groups is 3. The van der Waals surface area contributed by atoms with Crippen molar-refractivity contribution in [3.8, 4) is 0 Å². The lowest BCUT2D eigenvalue weighted by atomic mass is 10.0. The van der Waals surface area contributed by atoms with Gasteiger partial charge in [0, 0.05) is 23.6 Å². The lowest BCUT2D eigenvalue weighted by Gasteiger charge is -2.50. The molecule has 11 nitrogen and oxygen atoms in total. The van der Waals surface area contributed by atoms with E-state index in [1.165, 1.54) is 35.1 Å². The van der Waals surface area contributed by atoms with Gasteiger partial charge in [-0.2, -0.15) is 4.57 Å². The first-order valence-corrected chi connectivity index (χ1v) is 12.1. The van der Waals surface area contributed by atoms with Crippen LogP contribution in [0.1, 0.15) is 11.4 Å². The molecule has 2 aromatic rings. The highest BCUT2D eigenvalue weighted by molar-refractivity contribution is 8.00. The Morgan fingerprint density at radius 2 is 2.25 bits per heavy atom. The van der Waals surface area contributed by atoms with E-state index in [4.69, 9.17) is 10.6 Å². The number of thioether (sulfide) groups is 1. The van der Waals surface area contributed by atoms with Crippen molar-refractivity contribution in [1.82, 2.24) is 15.2 Å². The van der Waals surface area contributed by atoms with Crippen molar-refractivity contribution >= 4 is 63.1 Å². The number of nitrogens with zero attached hydrogens (tertiary/aromatic N) is 4. The number of fused-ring (bicyclic) bond motifs is 1. The Bertz CT molecular complexity index is 1160. The first kappa shape index (κ1) is 22.2. The van der Waals surface area contributed by atoms with Gasteiger partial charge in [-0.25, -0.2) is 4.98 Å². The van der Waals surface area contributed by atoms with Gasteiger partial charge >= 0.3 is 0 Å². The van der Waals surface area contributed by atoms with Gasteiger partial charge in [-0.05, 0) is 0 Å². The maximum atomic E-state index is 12.8. The zero-order chi connectivity index (χ0) is 23.0. The van der Waals surface area contributed by atoms with Gasteiger partial charge in [0.05, 0.1) is 17.0 Å². The second kappa shape index (κ2) is 8.88. The number of hydrogen-bond donors (Lipinski definition) is 2. The van der Waals surface area contributed by atoms with E-state index in [0.29, 0.717) is 17.9 Å². The number of carbonyl (C=O) groups excluding carboxylic acids is 3. The molecule has 2 atom stereocenters. The number of rotatable bonds is 7. The zero-order valence-corrected chi connectivity index (χ0v) is 19.4. The van der Waals surface area contributed by atoms with Crippen LogP contribution >= 0.6 is 34.4 Å². The highest BCUT2D eigenvalue weighted by Crippen LogP contribution is 2.40. The van der Waals surface area contributed by atoms with E-state index in [1.807, 2.05) is 22.4 Å². The summed E-state index contributed by atoms with van der Waals surface area (Å²) in [7, 11) is 1.28. The van der Waals surface area contributed by atoms with Gasteiger partial charge in [-0.3, -0.25) is 14.5 Å². The molecule has 2 aromatic heterocycles. The molecule has 2 aliphatic heterocycles. The second-order valence-corrected chi connectivity index (χ2v) is 9.64. The lowest BCUT2D eigenvalue weighted by molar-refractivity contribution is -0.690. The minimum absolute atomic E-state index is 0.131. The summed E-state index contributed by atoms with van der Waals surface area (Å²) < 4.78 is 1.92. The molecule has 0 spiro atoms. The minimum Gasteiger partial charge on any atom is -0.543 e. The summed E-state index contributed by atoms with van der Waals surface area (Å²) in [5, 5.41) is 21.4. The third-order valence-corrected chi connectivity index (χ3v) is 7.80. The molecule has 0 bridgehead atoms. The molecule has 0 unspecified atom stereocenters. The number of carboxylic acid groups (broad SMARTS) is 1. The molecule has 0 aromatic carbocycles. The number of nitrogen functional groups attached to an aromatic ring is 1. The van der Waals surface area contributed by atoms with Crippen molar-refractivity contribution < 1.29 is 28.9 Å². The van der Waals surface area contributed by atoms with E-state index in [0.717, 1.165) is 17.0 Å². The van der Waals surface area contributed by atoms with Crippen LogP contribution in [-0.4, -0.2) is 57.7 Å². The van der Waals surface area contributed by atoms with Gasteiger partial charge in [-0.15, -0.1) is 23.1 Å². The van der Waals surface area contributed by atoms with Crippen molar-refractivity contribution in [3.63, 3.8) is 0 Å².